The molecule has 0 unspecified atom stereocenters. The molecule has 25 heavy (non-hydrogen) atoms. The summed E-state index contributed by atoms with van der Waals surface area (Å²) in [5, 5.41) is 2.72. The minimum atomic E-state index is -3.80. The first-order chi connectivity index (χ1) is 12.0. The van der Waals surface area contributed by atoms with Crippen LogP contribution in [0.4, 0.5) is 5.95 Å². The van der Waals surface area contributed by atoms with Gasteiger partial charge in [-0.3, -0.25) is 0 Å². The third kappa shape index (κ3) is 4.81. The second-order valence-electron chi connectivity index (χ2n) is 5.39. The van der Waals surface area contributed by atoms with Crippen LogP contribution in [0.15, 0.2) is 66.7 Å². The van der Waals surface area contributed by atoms with Gasteiger partial charge in [-0.1, -0.05) is 36.4 Å². The summed E-state index contributed by atoms with van der Waals surface area (Å²) in [7, 11) is -3.80. The summed E-state index contributed by atoms with van der Waals surface area (Å²) in [6.07, 6.45) is 0. The van der Waals surface area contributed by atoms with Crippen LogP contribution in [0, 0.1) is 13.8 Å². The molecule has 0 amide bonds. The highest BCUT2D eigenvalue weighted by atomic mass is 31.2. The van der Waals surface area contributed by atoms with Gasteiger partial charge in [-0.25, -0.2) is 19.6 Å². The molecule has 128 valence electrons. The minimum absolute atomic E-state index is 0.188. The number of para-hydroxylation sites is 2. The maximum Gasteiger partial charge on any atom is 0.544 e. The molecule has 0 atom stereocenters. The van der Waals surface area contributed by atoms with Crippen molar-refractivity contribution in [1.82, 2.24) is 9.97 Å². The Bertz CT molecular complexity index is 823. The number of nitrogens with zero attached hydrogens (tertiary/aromatic N) is 2. The zero-order valence-corrected chi connectivity index (χ0v) is 14.8. The van der Waals surface area contributed by atoms with Crippen molar-refractivity contribution < 1.29 is 13.6 Å². The van der Waals surface area contributed by atoms with Crippen LogP contribution in [-0.2, 0) is 4.57 Å². The number of rotatable bonds is 6. The van der Waals surface area contributed by atoms with Gasteiger partial charge in [0, 0.05) is 11.4 Å². The maximum absolute atomic E-state index is 13.3. The van der Waals surface area contributed by atoms with Crippen molar-refractivity contribution in [2.24, 2.45) is 0 Å². The lowest BCUT2D eigenvalue weighted by molar-refractivity contribution is 0.392. The van der Waals surface area contributed by atoms with Crippen LogP contribution in [-0.4, -0.2) is 9.97 Å². The molecule has 3 aromatic rings. The maximum atomic E-state index is 13.3. The van der Waals surface area contributed by atoms with E-state index in [1.165, 1.54) is 0 Å². The normalized spacial score (nSPS) is 11.0. The van der Waals surface area contributed by atoms with E-state index in [2.05, 4.69) is 15.1 Å². The summed E-state index contributed by atoms with van der Waals surface area (Å²) < 4.78 is 24.6. The average Bonchev–Trinajstić information content (AvgIpc) is 2.55. The molecular formula is C18H18N3O3P. The van der Waals surface area contributed by atoms with Gasteiger partial charge in [-0.05, 0) is 44.2 Å². The predicted octanol–water partition coefficient (Wildman–Crippen LogP) is 4.77. The van der Waals surface area contributed by atoms with E-state index in [4.69, 9.17) is 9.05 Å². The van der Waals surface area contributed by atoms with Crippen molar-refractivity contribution in [3.63, 3.8) is 0 Å². The number of nitrogens with one attached hydrogen (secondary N) is 1. The molecule has 0 aliphatic heterocycles. The van der Waals surface area contributed by atoms with E-state index in [1.807, 2.05) is 32.0 Å². The molecule has 0 saturated heterocycles. The van der Waals surface area contributed by atoms with Gasteiger partial charge in [0.25, 0.3) is 0 Å². The highest BCUT2D eigenvalue weighted by molar-refractivity contribution is 7.56. The van der Waals surface area contributed by atoms with Gasteiger partial charge < -0.3 is 9.05 Å². The van der Waals surface area contributed by atoms with Crippen LogP contribution >= 0.6 is 7.75 Å². The monoisotopic (exact) mass is 355 g/mol. The highest BCUT2D eigenvalue weighted by Gasteiger charge is 2.30. The van der Waals surface area contributed by atoms with E-state index in [1.54, 1.807) is 48.5 Å². The molecule has 0 fully saturated rings. The molecule has 1 N–H and O–H groups in total. The van der Waals surface area contributed by atoms with Gasteiger partial charge in [0.05, 0.1) is 0 Å². The Morgan fingerprint density at radius 2 is 1.24 bits per heavy atom. The highest BCUT2D eigenvalue weighted by Crippen LogP contribution is 2.47. The molecule has 6 nitrogen and oxygen atoms in total. The fourth-order valence-electron chi connectivity index (χ4n) is 2.20. The van der Waals surface area contributed by atoms with Crippen molar-refractivity contribution in [3.8, 4) is 11.5 Å². The number of anilines is 1. The summed E-state index contributed by atoms with van der Waals surface area (Å²) >= 11 is 0. The van der Waals surface area contributed by atoms with Gasteiger partial charge in [0.2, 0.25) is 5.95 Å². The second-order valence-corrected chi connectivity index (χ2v) is 6.98. The SMILES string of the molecule is Cc1cc(C)nc(NP(=O)(Oc2ccccc2)Oc2ccccc2)n1. The lowest BCUT2D eigenvalue weighted by Gasteiger charge is -2.20. The molecule has 2 aromatic carbocycles. The Labute approximate surface area is 146 Å². The average molecular weight is 355 g/mol. The molecule has 0 spiro atoms. The third-order valence-corrected chi connectivity index (χ3v) is 4.53. The van der Waals surface area contributed by atoms with Crippen molar-refractivity contribution in [2.45, 2.75) is 13.8 Å². The Hall–Kier alpha value is -2.85. The summed E-state index contributed by atoms with van der Waals surface area (Å²) in [5.74, 6) is 1.02. The summed E-state index contributed by atoms with van der Waals surface area (Å²) in [6, 6.07) is 19.5. The first-order valence-electron chi connectivity index (χ1n) is 7.72. The Morgan fingerprint density at radius 1 is 0.800 bits per heavy atom. The topological polar surface area (TPSA) is 73.3 Å². The van der Waals surface area contributed by atoms with Crippen LogP contribution in [0.1, 0.15) is 11.4 Å². The fraction of sp³-hybridized carbons (Fsp3) is 0.111. The van der Waals surface area contributed by atoms with E-state index in [9.17, 15) is 4.57 Å². The summed E-state index contributed by atoms with van der Waals surface area (Å²) in [4.78, 5) is 8.50. The van der Waals surface area contributed by atoms with Crippen molar-refractivity contribution in [1.29, 1.82) is 0 Å². The van der Waals surface area contributed by atoms with E-state index in [0.717, 1.165) is 11.4 Å². The lowest BCUT2D eigenvalue weighted by Crippen LogP contribution is -2.12. The quantitative estimate of drug-likeness (QED) is 0.642. The van der Waals surface area contributed by atoms with E-state index in [-0.39, 0.29) is 5.95 Å². The zero-order chi connectivity index (χ0) is 17.7. The van der Waals surface area contributed by atoms with Gasteiger partial charge in [-0.2, -0.15) is 0 Å². The fourth-order valence-corrected chi connectivity index (χ4v) is 3.47. The number of benzene rings is 2. The van der Waals surface area contributed by atoms with Crippen molar-refractivity contribution in [2.75, 3.05) is 5.09 Å². The smallest absolute Gasteiger partial charge is 0.400 e. The first-order valence-corrected chi connectivity index (χ1v) is 9.27. The third-order valence-electron chi connectivity index (χ3n) is 3.16. The summed E-state index contributed by atoms with van der Waals surface area (Å²) in [6.45, 7) is 3.67. The van der Waals surface area contributed by atoms with Crippen LogP contribution < -0.4 is 14.1 Å². The Kier molecular flexibility index (Phi) is 5.00. The largest absolute Gasteiger partial charge is 0.544 e. The van der Waals surface area contributed by atoms with Crippen molar-refractivity contribution in [3.05, 3.63) is 78.1 Å². The second kappa shape index (κ2) is 7.36. The van der Waals surface area contributed by atoms with E-state index < -0.39 is 7.75 Å². The van der Waals surface area contributed by atoms with E-state index in [0.29, 0.717) is 11.5 Å². The van der Waals surface area contributed by atoms with Gasteiger partial charge >= 0.3 is 7.75 Å². The van der Waals surface area contributed by atoms with Crippen LogP contribution in [0.2, 0.25) is 0 Å². The minimum Gasteiger partial charge on any atom is -0.400 e. The van der Waals surface area contributed by atoms with Gasteiger partial charge in [-0.15, -0.1) is 0 Å². The molecule has 1 heterocycles. The molecule has 7 heteroatoms. The van der Waals surface area contributed by atoms with Crippen LogP contribution in [0.3, 0.4) is 0 Å². The first kappa shape index (κ1) is 17.0. The van der Waals surface area contributed by atoms with Crippen molar-refractivity contribution >= 4 is 13.7 Å². The zero-order valence-electron chi connectivity index (χ0n) is 13.9. The molecule has 3 rings (SSSR count). The Balaban J connectivity index is 1.91. The molecular weight excluding hydrogens is 337 g/mol. The van der Waals surface area contributed by atoms with Crippen LogP contribution in [0.25, 0.3) is 0 Å². The molecule has 0 saturated carbocycles. The molecule has 0 aliphatic rings. The number of aryl methyl sites for hydroxylation is 2. The number of aromatic nitrogens is 2. The number of hydrogen-bond acceptors (Lipinski definition) is 5. The molecule has 0 aliphatic carbocycles. The molecule has 1 aromatic heterocycles. The van der Waals surface area contributed by atoms with E-state index >= 15 is 0 Å². The molecule has 0 bridgehead atoms. The lowest BCUT2D eigenvalue weighted by atomic mass is 10.3. The standard InChI is InChI=1S/C18H18N3O3P/c1-14-13-15(2)20-18(19-14)21-25(22,23-16-9-5-3-6-10-16)24-17-11-7-4-8-12-17/h3-13H,1-2H3,(H,19,20,21,22). The van der Waals surface area contributed by atoms with Gasteiger partial charge in [0.15, 0.2) is 0 Å². The van der Waals surface area contributed by atoms with Gasteiger partial charge in [0.1, 0.15) is 11.5 Å². The molecule has 0 radical (unpaired) electrons. The predicted molar refractivity (Wildman–Crippen MR) is 96.9 cm³/mol. The summed E-state index contributed by atoms with van der Waals surface area (Å²) in [5.41, 5.74) is 1.50. The number of hydrogen-bond donors (Lipinski definition) is 1. The van der Waals surface area contributed by atoms with Crippen LogP contribution in [0.5, 0.6) is 11.5 Å². The Morgan fingerprint density at radius 3 is 1.68 bits per heavy atom.